The van der Waals surface area contributed by atoms with Crippen molar-refractivity contribution in [3.8, 4) is 0 Å². The molecule has 0 unspecified atom stereocenters. The Morgan fingerprint density at radius 1 is 1.29 bits per heavy atom. The average Bonchev–Trinajstić information content (AvgIpc) is 2.71. The molecule has 1 heterocycles. The Balaban J connectivity index is 2.10. The van der Waals surface area contributed by atoms with E-state index in [4.69, 9.17) is 0 Å². The lowest BCUT2D eigenvalue weighted by molar-refractivity contribution is -0.136. The van der Waals surface area contributed by atoms with Crippen LogP contribution in [-0.2, 0) is 9.53 Å². The summed E-state index contributed by atoms with van der Waals surface area (Å²) in [5.74, 6) is -0.976. The molecule has 0 radical (unpaired) electrons. The summed E-state index contributed by atoms with van der Waals surface area (Å²) in [6, 6.07) is 4.99. The van der Waals surface area contributed by atoms with Crippen molar-refractivity contribution >= 4 is 23.5 Å². The van der Waals surface area contributed by atoms with Crippen LogP contribution < -0.4 is 5.32 Å². The van der Waals surface area contributed by atoms with E-state index in [2.05, 4.69) is 10.1 Å². The van der Waals surface area contributed by atoms with Gasteiger partial charge in [-0.05, 0) is 25.1 Å². The highest BCUT2D eigenvalue weighted by Gasteiger charge is 2.32. The van der Waals surface area contributed by atoms with Gasteiger partial charge in [0.1, 0.15) is 0 Å². The van der Waals surface area contributed by atoms with Gasteiger partial charge in [-0.2, -0.15) is 0 Å². The van der Waals surface area contributed by atoms with Gasteiger partial charge in [-0.25, -0.2) is 4.79 Å². The van der Waals surface area contributed by atoms with Crippen molar-refractivity contribution in [2.24, 2.45) is 0 Å². The number of hydrogen-bond donors (Lipinski definition) is 1. The van der Waals surface area contributed by atoms with E-state index >= 15 is 0 Å². The van der Waals surface area contributed by atoms with E-state index in [0.29, 0.717) is 28.9 Å². The zero-order chi connectivity index (χ0) is 15.6. The van der Waals surface area contributed by atoms with Crippen molar-refractivity contribution in [2.75, 3.05) is 26.0 Å². The van der Waals surface area contributed by atoms with Crippen LogP contribution in [-0.4, -0.2) is 43.4 Å². The quantitative estimate of drug-likeness (QED) is 0.515. The maximum absolute atomic E-state index is 11.9. The molecule has 0 atom stereocenters. The van der Waals surface area contributed by atoms with Crippen molar-refractivity contribution in [3.63, 3.8) is 0 Å². The van der Waals surface area contributed by atoms with E-state index < -0.39 is 0 Å². The van der Waals surface area contributed by atoms with E-state index in [9.17, 15) is 14.4 Å². The Kier molecular flexibility index (Phi) is 4.07. The molecule has 2 amide bonds. The van der Waals surface area contributed by atoms with E-state index in [1.165, 1.54) is 14.2 Å². The molecule has 6 nitrogen and oxygen atoms in total. The van der Waals surface area contributed by atoms with Gasteiger partial charge in [0.05, 0.1) is 18.2 Å². The van der Waals surface area contributed by atoms with Gasteiger partial charge >= 0.3 is 5.97 Å². The number of anilines is 1. The van der Waals surface area contributed by atoms with Crippen molar-refractivity contribution in [3.05, 3.63) is 41.0 Å². The molecule has 110 valence electrons. The number of hydrogen-bond acceptors (Lipinski definition) is 5. The van der Waals surface area contributed by atoms with Gasteiger partial charge in [-0.1, -0.05) is 6.08 Å². The number of nitrogens with zero attached hydrogens (tertiary/aromatic N) is 1. The fourth-order valence-electron chi connectivity index (χ4n) is 2.04. The summed E-state index contributed by atoms with van der Waals surface area (Å²) in [6.07, 6.45) is 1.69. The molecule has 1 N–H and O–H groups in total. The number of methoxy groups -OCH3 is 1. The monoisotopic (exact) mass is 288 g/mol. The largest absolute Gasteiger partial charge is 0.466 e. The fraction of sp³-hybridized carbons (Fsp3) is 0.267. The summed E-state index contributed by atoms with van der Waals surface area (Å²) in [6.45, 7) is 2.07. The first-order chi connectivity index (χ1) is 9.95. The van der Waals surface area contributed by atoms with Crippen molar-refractivity contribution in [1.29, 1.82) is 0 Å². The number of nitrogens with one attached hydrogen (secondary N) is 1. The summed E-state index contributed by atoms with van der Waals surface area (Å²) >= 11 is 0. The maximum atomic E-state index is 11.9. The number of amides is 2. The number of esters is 1. The van der Waals surface area contributed by atoms with Gasteiger partial charge in [0, 0.05) is 24.9 Å². The van der Waals surface area contributed by atoms with E-state index in [-0.39, 0.29) is 17.8 Å². The minimum absolute atomic E-state index is 0.289. The van der Waals surface area contributed by atoms with Crippen LogP contribution in [0.2, 0.25) is 0 Å². The van der Waals surface area contributed by atoms with E-state index in [0.717, 1.165) is 4.90 Å². The molecule has 0 aliphatic carbocycles. The van der Waals surface area contributed by atoms with Gasteiger partial charge in [0.2, 0.25) is 0 Å². The zero-order valence-electron chi connectivity index (χ0n) is 12.1. The van der Waals surface area contributed by atoms with Crippen molar-refractivity contribution < 1.29 is 19.1 Å². The Labute approximate surface area is 122 Å². The fourth-order valence-corrected chi connectivity index (χ4v) is 2.04. The number of benzene rings is 1. The van der Waals surface area contributed by atoms with Gasteiger partial charge in [0.15, 0.2) is 0 Å². The molecule has 0 saturated carbocycles. The summed E-state index contributed by atoms with van der Waals surface area (Å²) in [5.41, 5.74) is 2.01. The van der Waals surface area contributed by atoms with Crippen molar-refractivity contribution in [2.45, 2.75) is 6.92 Å². The van der Waals surface area contributed by atoms with Crippen LogP contribution in [0.15, 0.2) is 29.8 Å². The van der Waals surface area contributed by atoms with E-state index in [1.54, 1.807) is 31.2 Å². The Hall–Kier alpha value is -2.63. The Bertz CT molecular complexity index is 649. The van der Waals surface area contributed by atoms with Gasteiger partial charge < -0.3 is 10.1 Å². The lowest BCUT2D eigenvalue weighted by Crippen LogP contribution is -2.24. The van der Waals surface area contributed by atoms with Crippen LogP contribution in [0.4, 0.5) is 5.69 Å². The molecule has 21 heavy (non-hydrogen) atoms. The highest BCUT2D eigenvalue weighted by Crippen LogP contribution is 2.24. The average molecular weight is 288 g/mol. The normalized spacial score (nSPS) is 14.2. The molecule has 1 aromatic carbocycles. The first-order valence-corrected chi connectivity index (χ1v) is 6.41. The molecule has 2 rings (SSSR count). The number of fused-ring (bicyclic) bond motifs is 1. The van der Waals surface area contributed by atoms with Gasteiger partial charge in [0.25, 0.3) is 11.8 Å². The lowest BCUT2D eigenvalue weighted by Gasteiger charge is -2.05. The van der Waals surface area contributed by atoms with Gasteiger partial charge in [-0.3, -0.25) is 14.5 Å². The van der Waals surface area contributed by atoms with Crippen LogP contribution in [0.3, 0.4) is 0 Å². The predicted molar refractivity (Wildman–Crippen MR) is 77.1 cm³/mol. The second kappa shape index (κ2) is 5.78. The van der Waals surface area contributed by atoms with Crippen LogP contribution in [0.25, 0.3) is 0 Å². The summed E-state index contributed by atoms with van der Waals surface area (Å²) in [5, 5.41) is 3.07. The Morgan fingerprint density at radius 3 is 2.62 bits per heavy atom. The third kappa shape index (κ3) is 2.79. The predicted octanol–water partition coefficient (Wildman–Crippen LogP) is 1.44. The minimum Gasteiger partial charge on any atom is -0.466 e. The summed E-state index contributed by atoms with van der Waals surface area (Å²) < 4.78 is 4.59. The molecule has 0 bridgehead atoms. The molecule has 1 aliphatic rings. The third-order valence-corrected chi connectivity index (χ3v) is 3.31. The summed E-state index contributed by atoms with van der Waals surface area (Å²) in [4.78, 5) is 35.9. The number of carbonyl (C=O) groups is 3. The number of imide groups is 1. The van der Waals surface area contributed by atoms with E-state index in [1.807, 2.05) is 0 Å². The SMILES string of the molecule is COC(=O)/C(C)=C/CNc1ccc2c(c1)C(=O)N(C)C2=O. The summed E-state index contributed by atoms with van der Waals surface area (Å²) in [7, 11) is 2.78. The van der Waals surface area contributed by atoms with Gasteiger partial charge in [-0.15, -0.1) is 0 Å². The minimum atomic E-state index is -0.381. The van der Waals surface area contributed by atoms with Crippen LogP contribution >= 0.6 is 0 Å². The highest BCUT2D eigenvalue weighted by molar-refractivity contribution is 6.21. The molecule has 0 spiro atoms. The molecule has 0 aromatic heterocycles. The molecule has 1 aromatic rings. The third-order valence-electron chi connectivity index (χ3n) is 3.31. The number of ether oxygens (including phenoxy) is 1. The maximum Gasteiger partial charge on any atom is 0.333 e. The first-order valence-electron chi connectivity index (χ1n) is 6.41. The Morgan fingerprint density at radius 2 is 1.95 bits per heavy atom. The van der Waals surface area contributed by atoms with Crippen LogP contribution in [0, 0.1) is 0 Å². The number of rotatable bonds is 4. The molecule has 6 heteroatoms. The molecule has 0 saturated heterocycles. The molecule has 1 aliphatic heterocycles. The second-order valence-corrected chi connectivity index (χ2v) is 4.69. The van der Waals surface area contributed by atoms with Crippen LogP contribution in [0.5, 0.6) is 0 Å². The smallest absolute Gasteiger partial charge is 0.333 e. The molecular formula is C15H16N2O4. The zero-order valence-corrected chi connectivity index (χ0v) is 12.1. The lowest BCUT2D eigenvalue weighted by atomic mass is 10.1. The standard InChI is InChI=1S/C15H16N2O4/c1-9(15(20)21-3)6-7-16-10-4-5-11-12(8-10)14(19)17(2)13(11)18/h4-6,8,16H,7H2,1-3H3/b9-6+. The molecular weight excluding hydrogens is 272 g/mol. The van der Waals surface area contributed by atoms with Crippen LogP contribution in [0.1, 0.15) is 27.6 Å². The number of carbonyl (C=O) groups excluding carboxylic acids is 3. The highest BCUT2D eigenvalue weighted by atomic mass is 16.5. The molecule has 0 fully saturated rings. The van der Waals surface area contributed by atoms with Crippen molar-refractivity contribution in [1.82, 2.24) is 4.90 Å². The second-order valence-electron chi connectivity index (χ2n) is 4.69. The topological polar surface area (TPSA) is 75.7 Å². The first kappa shape index (κ1) is 14.8.